The number of amides is 1. The van der Waals surface area contributed by atoms with Crippen LogP contribution in [0.15, 0.2) is 18.2 Å². The normalized spacial score (nSPS) is 12.6. The molecule has 0 saturated heterocycles. The van der Waals surface area contributed by atoms with Gasteiger partial charge in [0.25, 0.3) is 0 Å². The number of hydrogen-bond donors (Lipinski definition) is 1. The molecule has 0 saturated carbocycles. The number of carbonyl (C=O) groups excluding carboxylic acids is 1. The Morgan fingerprint density at radius 2 is 2.17 bits per heavy atom. The third-order valence-corrected chi connectivity index (χ3v) is 2.93. The van der Waals surface area contributed by atoms with Crippen LogP contribution in [0.1, 0.15) is 12.0 Å². The molecule has 1 aromatic carbocycles. The minimum Gasteiger partial charge on any atom is -0.454 e. The smallest absolute Gasteiger partial charge is 0.231 e. The molecule has 0 aliphatic carbocycles. The Kier molecular flexibility index (Phi) is 4.04. The van der Waals surface area contributed by atoms with Gasteiger partial charge in [0.2, 0.25) is 12.7 Å². The molecule has 1 aliphatic heterocycles. The Hall–Kier alpha value is -1.75. The SMILES string of the molecule is CN(CCO)C(=O)CCc1ccc2c(c1)OCO2. The fourth-order valence-electron chi connectivity index (χ4n) is 1.81. The summed E-state index contributed by atoms with van der Waals surface area (Å²) in [6.45, 7) is 0.628. The molecule has 1 aliphatic rings. The number of ether oxygens (including phenoxy) is 2. The van der Waals surface area contributed by atoms with Crippen molar-refractivity contribution in [2.24, 2.45) is 0 Å². The standard InChI is InChI=1S/C13H17NO4/c1-14(6-7-15)13(16)5-3-10-2-4-11-12(8-10)18-9-17-11/h2,4,8,15H,3,5-7,9H2,1H3. The van der Waals surface area contributed by atoms with Crippen molar-refractivity contribution in [2.75, 3.05) is 27.0 Å². The summed E-state index contributed by atoms with van der Waals surface area (Å²) < 4.78 is 10.5. The highest BCUT2D eigenvalue weighted by molar-refractivity contribution is 5.76. The highest BCUT2D eigenvalue weighted by Crippen LogP contribution is 2.32. The lowest BCUT2D eigenvalue weighted by atomic mass is 10.1. The highest BCUT2D eigenvalue weighted by Gasteiger charge is 2.14. The third kappa shape index (κ3) is 2.92. The number of carbonyl (C=O) groups is 1. The van der Waals surface area contributed by atoms with Gasteiger partial charge in [-0.05, 0) is 24.1 Å². The van der Waals surface area contributed by atoms with E-state index in [1.807, 2.05) is 18.2 Å². The quantitative estimate of drug-likeness (QED) is 0.841. The van der Waals surface area contributed by atoms with E-state index in [1.165, 1.54) is 4.90 Å². The van der Waals surface area contributed by atoms with E-state index in [1.54, 1.807) is 7.05 Å². The molecule has 2 rings (SSSR count). The number of aliphatic hydroxyl groups excluding tert-OH is 1. The summed E-state index contributed by atoms with van der Waals surface area (Å²) in [7, 11) is 1.69. The lowest BCUT2D eigenvalue weighted by Crippen LogP contribution is -2.29. The number of aliphatic hydroxyl groups is 1. The van der Waals surface area contributed by atoms with Gasteiger partial charge < -0.3 is 19.5 Å². The summed E-state index contributed by atoms with van der Waals surface area (Å²) in [5.74, 6) is 1.52. The minimum atomic E-state index is -0.00767. The monoisotopic (exact) mass is 251 g/mol. The lowest BCUT2D eigenvalue weighted by molar-refractivity contribution is -0.130. The zero-order chi connectivity index (χ0) is 13.0. The zero-order valence-electron chi connectivity index (χ0n) is 10.4. The van der Waals surface area contributed by atoms with Gasteiger partial charge in [-0.15, -0.1) is 0 Å². The van der Waals surface area contributed by atoms with Crippen LogP contribution in [0.2, 0.25) is 0 Å². The highest BCUT2D eigenvalue weighted by atomic mass is 16.7. The molecule has 1 N–H and O–H groups in total. The Bertz CT molecular complexity index is 433. The van der Waals surface area contributed by atoms with Crippen molar-refractivity contribution in [3.63, 3.8) is 0 Å². The van der Waals surface area contributed by atoms with Gasteiger partial charge in [-0.1, -0.05) is 6.07 Å². The molecule has 5 heteroatoms. The van der Waals surface area contributed by atoms with Gasteiger partial charge >= 0.3 is 0 Å². The van der Waals surface area contributed by atoms with Crippen LogP contribution in [0.5, 0.6) is 11.5 Å². The first-order valence-electron chi connectivity index (χ1n) is 5.94. The average molecular weight is 251 g/mol. The Morgan fingerprint density at radius 1 is 1.39 bits per heavy atom. The molecule has 18 heavy (non-hydrogen) atoms. The van der Waals surface area contributed by atoms with Crippen LogP contribution in [-0.2, 0) is 11.2 Å². The predicted octanol–water partition coefficient (Wildman–Crippen LogP) is 0.799. The fraction of sp³-hybridized carbons (Fsp3) is 0.462. The van der Waals surface area contributed by atoms with Gasteiger partial charge in [0.05, 0.1) is 6.61 Å². The molecular formula is C13H17NO4. The first-order chi connectivity index (χ1) is 8.70. The molecule has 5 nitrogen and oxygen atoms in total. The fourth-order valence-corrected chi connectivity index (χ4v) is 1.81. The number of hydrogen-bond acceptors (Lipinski definition) is 4. The van der Waals surface area contributed by atoms with Gasteiger partial charge in [-0.3, -0.25) is 4.79 Å². The third-order valence-electron chi connectivity index (χ3n) is 2.93. The lowest BCUT2D eigenvalue weighted by Gasteiger charge is -2.15. The number of nitrogens with zero attached hydrogens (tertiary/aromatic N) is 1. The van der Waals surface area contributed by atoms with Crippen molar-refractivity contribution in [3.05, 3.63) is 23.8 Å². The summed E-state index contributed by atoms with van der Waals surface area (Å²) in [6.07, 6.45) is 1.08. The van der Waals surface area contributed by atoms with Crippen molar-refractivity contribution in [2.45, 2.75) is 12.8 Å². The Labute approximate surface area is 106 Å². The molecule has 0 fully saturated rings. The molecule has 1 aromatic rings. The van der Waals surface area contributed by atoms with Crippen molar-refractivity contribution >= 4 is 5.91 Å². The first kappa shape index (κ1) is 12.7. The average Bonchev–Trinajstić information content (AvgIpc) is 2.83. The number of fused-ring (bicyclic) bond motifs is 1. The second kappa shape index (κ2) is 5.73. The minimum absolute atomic E-state index is 0.00767. The molecule has 0 unspecified atom stereocenters. The van der Waals surface area contributed by atoms with Gasteiger partial charge in [0, 0.05) is 20.0 Å². The molecular weight excluding hydrogens is 234 g/mol. The van der Waals surface area contributed by atoms with E-state index in [-0.39, 0.29) is 19.3 Å². The molecule has 0 atom stereocenters. The second-order valence-electron chi connectivity index (χ2n) is 4.23. The maximum absolute atomic E-state index is 11.7. The molecule has 0 bridgehead atoms. The van der Waals surface area contributed by atoms with Crippen LogP contribution in [0.4, 0.5) is 0 Å². The van der Waals surface area contributed by atoms with Crippen LogP contribution in [0, 0.1) is 0 Å². The maximum Gasteiger partial charge on any atom is 0.231 e. The van der Waals surface area contributed by atoms with Crippen LogP contribution >= 0.6 is 0 Å². The van der Waals surface area contributed by atoms with Gasteiger partial charge in [-0.25, -0.2) is 0 Å². The molecule has 0 aromatic heterocycles. The molecule has 98 valence electrons. The van der Waals surface area contributed by atoms with E-state index < -0.39 is 0 Å². The molecule has 0 radical (unpaired) electrons. The molecule has 1 heterocycles. The summed E-state index contributed by atoms with van der Waals surface area (Å²) >= 11 is 0. The van der Waals surface area contributed by atoms with Crippen molar-refractivity contribution < 1.29 is 19.4 Å². The number of aryl methyl sites for hydroxylation is 1. The summed E-state index contributed by atoms with van der Waals surface area (Å²) in [5, 5.41) is 8.75. The molecule has 0 spiro atoms. The Balaban J connectivity index is 1.88. The van der Waals surface area contributed by atoms with Crippen molar-refractivity contribution in [1.82, 2.24) is 4.90 Å². The van der Waals surface area contributed by atoms with Crippen LogP contribution in [0.3, 0.4) is 0 Å². The number of rotatable bonds is 5. The van der Waals surface area contributed by atoms with Gasteiger partial charge in [0.1, 0.15) is 0 Å². The largest absolute Gasteiger partial charge is 0.454 e. The van der Waals surface area contributed by atoms with Gasteiger partial charge in [-0.2, -0.15) is 0 Å². The maximum atomic E-state index is 11.7. The van der Waals surface area contributed by atoms with Crippen LogP contribution < -0.4 is 9.47 Å². The van der Waals surface area contributed by atoms with Crippen molar-refractivity contribution in [3.8, 4) is 11.5 Å². The molecule has 1 amide bonds. The van der Waals surface area contributed by atoms with E-state index in [0.717, 1.165) is 17.1 Å². The summed E-state index contributed by atoms with van der Waals surface area (Å²) in [5.41, 5.74) is 1.05. The summed E-state index contributed by atoms with van der Waals surface area (Å²) in [4.78, 5) is 13.2. The predicted molar refractivity (Wildman–Crippen MR) is 65.6 cm³/mol. The number of benzene rings is 1. The zero-order valence-corrected chi connectivity index (χ0v) is 10.4. The van der Waals surface area contributed by atoms with E-state index >= 15 is 0 Å². The topological polar surface area (TPSA) is 59.0 Å². The van der Waals surface area contributed by atoms with Crippen LogP contribution in [0.25, 0.3) is 0 Å². The van der Waals surface area contributed by atoms with E-state index in [0.29, 0.717) is 19.4 Å². The van der Waals surface area contributed by atoms with Crippen LogP contribution in [-0.4, -0.2) is 42.9 Å². The number of likely N-dealkylation sites (N-methyl/N-ethyl adjacent to an activating group) is 1. The first-order valence-corrected chi connectivity index (χ1v) is 5.94. The van der Waals surface area contributed by atoms with E-state index in [9.17, 15) is 4.79 Å². The summed E-state index contributed by atoms with van der Waals surface area (Å²) in [6, 6.07) is 5.70. The van der Waals surface area contributed by atoms with E-state index in [2.05, 4.69) is 0 Å². The second-order valence-corrected chi connectivity index (χ2v) is 4.23. The van der Waals surface area contributed by atoms with Crippen molar-refractivity contribution in [1.29, 1.82) is 0 Å². The van der Waals surface area contributed by atoms with Gasteiger partial charge in [0.15, 0.2) is 11.5 Å². The van der Waals surface area contributed by atoms with E-state index in [4.69, 9.17) is 14.6 Å². The Morgan fingerprint density at radius 3 is 2.94 bits per heavy atom.